The van der Waals surface area contributed by atoms with Gasteiger partial charge >= 0.3 is 0 Å². The van der Waals surface area contributed by atoms with E-state index in [1.54, 1.807) is 12.4 Å². The molecule has 3 heterocycles. The third kappa shape index (κ3) is 4.13. The summed E-state index contributed by atoms with van der Waals surface area (Å²) in [6, 6.07) is 0.431. The monoisotopic (exact) mass is 307 g/mol. The number of β-amino-alcohol motifs (C(OH)–C–C–N with tert-alkyl or cyclic N) is 1. The van der Waals surface area contributed by atoms with E-state index in [1.165, 1.54) is 0 Å². The van der Waals surface area contributed by atoms with Gasteiger partial charge in [-0.3, -0.25) is 4.98 Å². The third-order valence-corrected chi connectivity index (χ3v) is 4.34. The van der Waals surface area contributed by atoms with Crippen LogP contribution in [0.15, 0.2) is 18.6 Å². The van der Waals surface area contributed by atoms with Crippen LogP contribution in [0.3, 0.4) is 0 Å². The Morgan fingerprint density at radius 3 is 3.05 bits per heavy atom. The van der Waals surface area contributed by atoms with Gasteiger partial charge in [0.15, 0.2) is 0 Å². The summed E-state index contributed by atoms with van der Waals surface area (Å²) in [5.41, 5.74) is -0.807. The molecule has 2 aliphatic heterocycles. The van der Waals surface area contributed by atoms with Crippen LogP contribution in [0.5, 0.6) is 0 Å². The molecule has 122 valence electrons. The van der Waals surface area contributed by atoms with Crippen molar-refractivity contribution < 1.29 is 9.84 Å². The molecule has 1 aromatic heterocycles. The van der Waals surface area contributed by atoms with Gasteiger partial charge in [0.05, 0.1) is 19.4 Å². The van der Waals surface area contributed by atoms with Gasteiger partial charge < -0.3 is 25.4 Å². The molecule has 7 nitrogen and oxygen atoms in total. The lowest BCUT2D eigenvalue weighted by Crippen LogP contribution is -2.53. The van der Waals surface area contributed by atoms with E-state index in [0.29, 0.717) is 32.3 Å². The van der Waals surface area contributed by atoms with E-state index in [4.69, 9.17) is 4.74 Å². The summed E-state index contributed by atoms with van der Waals surface area (Å²) in [6.07, 6.45) is 7.32. The van der Waals surface area contributed by atoms with Gasteiger partial charge in [0.1, 0.15) is 11.4 Å². The maximum Gasteiger partial charge on any atom is 0.147 e. The second-order valence-corrected chi connectivity index (χ2v) is 6.16. The van der Waals surface area contributed by atoms with Gasteiger partial charge in [0.25, 0.3) is 0 Å². The zero-order valence-electron chi connectivity index (χ0n) is 12.9. The maximum atomic E-state index is 10.5. The van der Waals surface area contributed by atoms with Gasteiger partial charge in [-0.25, -0.2) is 4.98 Å². The standard InChI is InChI=1S/C15H25N5O2/c21-15(10-17-5-8-22-12-15)11-19-13-1-6-20(7-2-13)14-9-16-3-4-18-14/h3-4,9,13,17,19,21H,1-2,5-8,10-12H2. The lowest BCUT2D eigenvalue weighted by atomic mass is 10.0. The van der Waals surface area contributed by atoms with Crippen LogP contribution in [0.2, 0.25) is 0 Å². The minimum atomic E-state index is -0.807. The fourth-order valence-corrected chi connectivity index (χ4v) is 2.99. The number of anilines is 1. The smallest absolute Gasteiger partial charge is 0.147 e. The predicted molar refractivity (Wildman–Crippen MR) is 83.9 cm³/mol. The summed E-state index contributed by atoms with van der Waals surface area (Å²) in [6.45, 7) is 4.93. The van der Waals surface area contributed by atoms with Crippen LogP contribution in [0.25, 0.3) is 0 Å². The van der Waals surface area contributed by atoms with Crippen molar-refractivity contribution in [3.05, 3.63) is 18.6 Å². The number of piperidine rings is 1. The van der Waals surface area contributed by atoms with Crippen molar-refractivity contribution in [3.8, 4) is 0 Å². The van der Waals surface area contributed by atoms with Crippen molar-refractivity contribution in [2.45, 2.75) is 24.5 Å². The molecule has 0 radical (unpaired) electrons. The number of hydrogen-bond donors (Lipinski definition) is 3. The molecule has 7 heteroatoms. The zero-order valence-corrected chi connectivity index (χ0v) is 12.9. The Hall–Kier alpha value is -1.28. The largest absolute Gasteiger partial charge is 0.385 e. The molecule has 3 rings (SSSR count). The molecule has 2 fully saturated rings. The van der Waals surface area contributed by atoms with Crippen LogP contribution in [0.4, 0.5) is 5.82 Å². The van der Waals surface area contributed by atoms with Crippen LogP contribution in [0, 0.1) is 0 Å². The number of nitrogens with zero attached hydrogens (tertiary/aromatic N) is 3. The van der Waals surface area contributed by atoms with Crippen LogP contribution < -0.4 is 15.5 Å². The Kier molecular flexibility index (Phi) is 5.20. The number of nitrogens with one attached hydrogen (secondary N) is 2. The highest BCUT2D eigenvalue weighted by Crippen LogP contribution is 2.17. The topological polar surface area (TPSA) is 82.5 Å². The van der Waals surface area contributed by atoms with Crippen LogP contribution in [-0.4, -0.2) is 72.7 Å². The fraction of sp³-hybridized carbons (Fsp3) is 0.733. The molecule has 22 heavy (non-hydrogen) atoms. The average Bonchev–Trinajstić information content (AvgIpc) is 2.79. The van der Waals surface area contributed by atoms with E-state index in [1.807, 2.05) is 6.20 Å². The number of hydrogen-bond acceptors (Lipinski definition) is 7. The quantitative estimate of drug-likeness (QED) is 0.684. The van der Waals surface area contributed by atoms with Gasteiger partial charge in [-0.05, 0) is 12.8 Å². The number of ether oxygens (including phenoxy) is 1. The van der Waals surface area contributed by atoms with Crippen LogP contribution >= 0.6 is 0 Å². The van der Waals surface area contributed by atoms with Crippen molar-refractivity contribution in [2.75, 3.05) is 50.8 Å². The van der Waals surface area contributed by atoms with E-state index in [-0.39, 0.29) is 0 Å². The Morgan fingerprint density at radius 2 is 2.27 bits per heavy atom. The third-order valence-electron chi connectivity index (χ3n) is 4.34. The van der Waals surface area contributed by atoms with E-state index in [0.717, 1.165) is 38.3 Å². The van der Waals surface area contributed by atoms with Crippen LogP contribution in [0.1, 0.15) is 12.8 Å². The maximum absolute atomic E-state index is 10.5. The first-order valence-corrected chi connectivity index (χ1v) is 8.00. The van der Waals surface area contributed by atoms with Gasteiger partial charge in [0, 0.05) is 51.2 Å². The van der Waals surface area contributed by atoms with Crippen LogP contribution in [-0.2, 0) is 4.74 Å². The molecule has 2 saturated heterocycles. The summed E-state index contributed by atoms with van der Waals surface area (Å²) in [7, 11) is 0. The van der Waals surface area contributed by atoms with Crippen molar-refractivity contribution in [2.24, 2.45) is 0 Å². The molecular weight excluding hydrogens is 282 g/mol. The summed E-state index contributed by atoms with van der Waals surface area (Å²) in [5.74, 6) is 0.945. The molecule has 0 amide bonds. The lowest BCUT2D eigenvalue weighted by molar-refractivity contribution is -0.0281. The average molecular weight is 307 g/mol. The highest BCUT2D eigenvalue weighted by Gasteiger charge is 2.30. The van der Waals surface area contributed by atoms with Crippen molar-refractivity contribution in [1.29, 1.82) is 0 Å². The van der Waals surface area contributed by atoms with E-state index in [9.17, 15) is 5.11 Å². The van der Waals surface area contributed by atoms with Gasteiger partial charge in [-0.2, -0.15) is 0 Å². The predicted octanol–water partition coefficient (Wildman–Crippen LogP) is -0.614. The first-order valence-electron chi connectivity index (χ1n) is 8.00. The van der Waals surface area contributed by atoms with E-state index >= 15 is 0 Å². The molecule has 2 aliphatic rings. The second-order valence-electron chi connectivity index (χ2n) is 6.16. The Bertz CT molecular complexity index is 443. The molecule has 0 spiro atoms. The van der Waals surface area contributed by atoms with Gasteiger partial charge in [-0.1, -0.05) is 0 Å². The molecule has 0 aliphatic carbocycles. The van der Waals surface area contributed by atoms with Crippen molar-refractivity contribution in [3.63, 3.8) is 0 Å². The summed E-state index contributed by atoms with van der Waals surface area (Å²) < 4.78 is 5.45. The first kappa shape index (κ1) is 15.6. The molecular formula is C15H25N5O2. The fourth-order valence-electron chi connectivity index (χ4n) is 2.99. The first-order chi connectivity index (χ1) is 10.8. The molecule has 0 bridgehead atoms. The molecule has 1 unspecified atom stereocenters. The van der Waals surface area contributed by atoms with E-state index in [2.05, 4.69) is 25.5 Å². The molecule has 1 aromatic rings. The lowest BCUT2D eigenvalue weighted by Gasteiger charge is -2.35. The second kappa shape index (κ2) is 7.32. The minimum Gasteiger partial charge on any atom is -0.385 e. The Balaban J connectivity index is 1.44. The van der Waals surface area contributed by atoms with Gasteiger partial charge in [-0.15, -0.1) is 0 Å². The minimum absolute atomic E-state index is 0.394. The SMILES string of the molecule is OC1(CNC2CCN(c3cnccn3)CC2)CNCCOC1. The van der Waals surface area contributed by atoms with Gasteiger partial charge in [0.2, 0.25) is 0 Å². The number of aromatic nitrogens is 2. The molecule has 3 N–H and O–H groups in total. The zero-order chi connectivity index (χ0) is 15.3. The normalized spacial score (nSPS) is 27.6. The Morgan fingerprint density at radius 1 is 1.41 bits per heavy atom. The molecule has 0 aromatic carbocycles. The summed E-state index contributed by atoms with van der Waals surface area (Å²) >= 11 is 0. The van der Waals surface area contributed by atoms with Crippen molar-refractivity contribution >= 4 is 5.82 Å². The number of rotatable bonds is 4. The van der Waals surface area contributed by atoms with E-state index < -0.39 is 5.60 Å². The number of aliphatic hydroxyl groups is 1. The summed E-state index contributed by atoms with van der Waals surface area (Å²) in [5, 5.41) is 17.2. The molecule has 1 atom stereocenters. The van der Waals surface area contributed by atoms with Crippen molar-refractivity contribution in [1.82, 2.24) is 20.6 Å². The Labute approximate surface area is 131 Å². The summed E-state index contributed by atoms with van der Waals surface area (Å²) in [4.78, 5) is 10.7. The molecule has 0 saturated carbocycles. The highest BCUT2D eigenvalue weighted by atomic mass is 16.5. The highest BCUT2D eigenvalue weighted by molar-refractivity contribution is 5.35.